The van der Waals surface area contributed by atoms with Crippen molar-refractivity contribution in [3.8, 4) is 11.6 Å². The summed E-state index contributed by atoms with van der Waals surface area (Å²) < 4.78 is 12.1. The molecule has 0 atom stereocenters. The molecule has 34 heavy (non-hydrogen) atoms. The van der Waals surface area contributed by atoms with Crippen molar-refractivity contribution in [3.05, 3.63) is 41.2 Å². The van der Waals surface area contributed by atoms with Gasteiger partial charge in [0.2, 0.25) is 11.6 Å². The van der Waals surface area contributed by atoms with Crippen LogP contribution in [0, 0.1) is 0 Å². The molecule has 5 N–H and O–H groups in total. The van der Waals surface area contributed by atoms with Crippen molar-refractivity contribution >= 4 is 51.7 Å². The van der Waals surface area contributed by atoms with Crippen LogP contribution in [0.5, 0.6) is 5.75 Å². The van der Waals surface area contributed by atoms with E-state index in [1.807, 2.05) is 0 Å². The van der Waals surface area contributed by atoms with E-state index in [0.717, 1.165) is 16.7 Å². The van der Waals surface area contributed by atoms with E-state index in [2.05, 4.69) is 40.8 Å². The highest BCUT2D eigenvalue weighted by Crippen LogP contribution is 2.27. The lowest BCUT2D eigenvalue weighted by molar-refractivity contribution is -0.119. The van der Waals surface area contributed by atoms with Crippen molar-refractivity contribution in [1.29, 1.82) is 0 Å². The zero-order valence-electron chi connectivity index (χ0n) is 17.4. The van der Waals surface area contributed by atoms with Crippen molar-refractivity contribution in [3.63, 3.8) is 0 Å². The predicted octanol–water partition coefficient (Wildman–Crippen LogP) is 0.196. The van der Waals surface area contributed by atoms with Crippen molar-refractivity contribution < 1.29 is 19.0 Å². The minimum atomic E-state index is -0.588. The largest absolute Gasteiger partial charge is 0.484 e. The minimum Gasteiger partial charge on any atom is -0.484 e. The Labute approximate surface area is 200 Å². The number of carbonyl (C=O) groups excluding carboxylic acids is 2. The number of hydrazone groups is 1. The molecule has 0 aliphatic carbocycles. The van der Waals surface area contributed by atoms with E-state index in [0.29, 0.717) is 22.8 Å². The normalized spacial score (nSPS) is 13.2. The van der Waals surface area contributed by atoms with Crippen LogP contribution in [0.3, 0.4) is 0 Å². The maximum atomic E-state index is 12.8. The van der Waals surface area contributed by atoms with Crippen LogP contribution >= 0.6 is 23.5 Å². The number of benzene rings is 1. The summed E-state index contributed by atoms with van der Waals surface area (Å²) in [6.07, 6.45) is 1.41. The Balaban J connectivity index is 1.49. The number of primary amides is 1. The van der Waals surface area contributed by atoms with Crippen LogP contribution in [0.15, 0.2) is 39.0 Å². The van der Waals surface area contributed by atoms with Gasteiger partial charge >= 0.3 is 0 Å². The molecule has 1 aliphatic rings. The summed E-state index contributed by atoms with van der Waals surface area (Å²) in [4.78, 5) is 28.1. The molecule has 0 saturated carbocycles. The second kappa shape index (κ2) is 10.8. The number of carbonyl (C=O) groups is 2. The van der Waals surface area contributed by atoms with Gasteiger partial charge in [-0.25, -0.2) is 10.1 Å². The fourth-order valence-corrected chi connectivity index (χ4v) is 4.71. The molecule has 0 bridgehead atoms. The Morgan fingerprint density at radius 1 is 1.38 bits per heavy atom. The number of aliphatic imine (C=N–C) groups is 1. The second-order valence-electron chi connectivity index (χ2n) is 6.58. The number of aromatic nitrogens is 5. The highest BCUT2D eigenvalue weighted by Gasteiger charge is 2.24. The van der Waals surface area contributed by atoms with Crippen LogP contribution in [0.1, 0.15) is 21.7 Å². The van der Waals surface area contributed by atoms with Gasteiger partial charge in [0.05, 0.1) is 18.5 Å². The molecule has 14 nitrogen and oxygen atoms in total. The van der Waals surface area contributed by atoms with Gasteiger partial charge in [-0.1, -0.05) is 40.9 Å². The molecule has 1 aromatic carbocycles. The van der Waals surface area contributed by atoms with Crippen molar-refractivity contribution in [2.24, 2.45) is 15.8 Å². The number of amides is 2. The number of anilines is 1. The first-order valence-corrected chi connectivity index (χ1v) is 11.7. The molecule has 1 aliphatic heterocycles. The fourth-order valence-electron chi connectivity index (χ4n) is 2.71. The monoisotopic (exact) mass is 502 g/mol. The van der Waals surface area contributed by atoms with Gasteiger partial charge < -0.3 is 16.2 Å². The number of nitrogens with two attached hydrogens (primary N) is 2. The molecule has 16 heteroatoms. The van der Waals surface area contributed by atoms with Crippen LogP contribution in [-0.4, -0.2) is 66.6 Å². The lowest BCUT2D eigenvalue weighted by Gasteiger charge is -2.05. The van der Waals surface area contributed by atoms with Gasteiger partial charge in [-0.15, -0.1) is 5.10 Å². The Morgan fingerprint density at radius 2 is 2.26 bits per heavy atom. The Morgan fingerprint density at radius 3 is 3.00 bits per heavy atom. The molecule has 3 aromatic rings. The number of rotatable bonds is 9. The third-order valence-electron chi connectivity index (χ3n) is 4.18. The van der Waals surface area contributed by atoms with Crippen LogP contribution in [0.2, 0.25) is 0 Å². The first-order valence-electron chi connectivity index (χ1n) is 9.69. The minimum absolute atomic E-state index is 0.00662. The maximum Gasteiger partial charge on any atom is 0.293 e. The molecule has 2 aromatic heterocycles. The van der Waals surface area contributed by atoms with E-state index >= 15 is 0 Å². The number of nitrogens with one attached hydrogen (secondary N) is 1. The topological polar surface area (TPSA) is 202 Å². The fraction of sp³-hybridized carbons (Fsp3) is 0.222. The lowest BCUT2D eigenvalue weighted by Crippen LogP contribution is -2.20. The zero-order valence-corrected chi connectivity index (χ0v) is 19.1. The number of hydrogen-bond acceptors (Lipinski definition) is 13. The molecule has 2 amide bonds. The summed E-state index contributed by atoms with van der Waals surface area (Å²) in [5, 5.41) is 19.2. The molecule has 0 unspecified atom stereocenters. The molecule has 0 saturated heterocycles. The summed E-state index contributed by atoms with van der Waals surface area (Å²) in [5.74, 6) is 0.632. The highest BCUT2D eigenvalue weighted by atomic mass is 32.2. The highest BCUT2D eigenvalue weighted by molar-refractivity contribution is 8.38. The summed E-state index contributed by atoms with van der Waals surface area (Å²) in [5.41, 5.74) is 14.4. The van der Waals surface area contributed by atoms with Crippen molar-refractivity contribution in [2.75, 3.05) is 24.6 Å². The van der Waals surface area contributed by atoms with Gasteiger partial charge in [0.1, 0.15) is 10.1 Å². The third kappa shape index (κ3) is 5.70. The summed E-state index contributed by atoms with van der Waals surface area (Å²) in [6.45, 7) is 0.506. The molecule has 0 spiro atoms. The van der Waals surface area contributed by atoms with E-state index in [-0.39, 0.29) is 23.9 Å². The molecule has 176 valence electrons. The summed E-state index contributed by atoms with van der Waals surface area (Å²) >= 11 is 3.08. The number of hydrogen-bond donors (Lipinski definition) is 3. The van der Waals surface area contributed by atoms with Crippen LogP contribution in [0.4, 0.5) is 5.82 Å². The van der Waals surface area contributed by atoms with E-state index < -0.39 is 11.8 Å². The van der Waals surface area contributed by atoms with Crippen LogP contribution in [0.25, 0.3) is 5.82 Å². The van der Waals surface area contributed by atoms with E-state index in [1.54, 1.807) is 36.0 Å². The second-order valence-corrected chi connectivity index (χ2v) is 8.89. The Bertz CT molecular complexity index is 1260. The summed E-state index contributed by atoms with van der Waals surface area (Å²) in [7, 11) is 0. The maximum absolute atomic E-state index is 12.8. The van der Waals surface area contributed by atoms with Gasteiger partial charge in [-0.2, -0.15) is 9.78 Å². The van der Waals surface area contributed by atoms with Gasteiger partial charge in [0, 0.05) is 11.5 Å². The first-order chi connectivity index (χ1) is 16.5. The smallest absolute Gasteiger partial charge is 0.293 e. The van der Waals surface area contributed by atoms with Crippen molar-refractivity contribution in [1.82, 2.24) is 30.7 Å². The van der Waals surface area contributed by atoms with Crippen molar-refractivity contribution in [2.45, 2.75) is 5.75 Å². The number of ether oxygens (including phenoxy) is 1. The number of nitrogen functional groups attached to an aromatic ring is 1. The van der Waals surface area contributed by atoms with Gasteiger partial charge in [0.15, 0.2) is 12.3 Å². The molecule has 4 rings (SSSR count). The van der Waals surface area contributed by atoms with Gasteiger partial charge in [-0.05, 0) is 28.0 Å². The zero-order chi connectivity index (χ0) is 23.9. The SMILES string of the molecule is NC(=O)COc1cccc(C=NNC(=O)c2nnn(-c3nonc3N)c2CSC2=NCCS2)c1. The number of thioether (sulfide) groups is 2. The Hall–Kier alpha value is -3.92. The molecular weight excluding hydrogens is 484 g/mol. The molecule has 0 fully saturated rings. The quantitative estimate of drug-likeness (QED) is 0.266. The predicted molar refractivity (Wildman–Crippen MR) is 126 cm³/mol. The third-order valence-corrected chi connectivity index (χ3v) is 6.45. The molecular formula is C18H18N10O4S2. The summed E-state index contributed by atoms with van der Waals surface area (Å²) in [6, 6.07) is 6.75. The molecule has 3 heterocycles. The van der Waals surface area contributed by atoms with Crippen LogP contribution < -0.4 is 21.6 Å². The van der Waals surface area contributed by atoms with Crippen LogP contribution in [-0.2, 0) is 10.5 Å². The average molecular weight is 503 g/mol. The number of nitrogens with zero attached hydrogens (tertiary/aromatic N) is 7. The Kier molecular flexibility index (Phi) is 7.38. The standard InChI is InChI=1S/C18H18N10O4S2/c19-13(29)8-31-11-3-1-2-10(6-11)7-22-24-17(30)14-12(9-34-18-21-4-5-33-18)28(27-23-14)16-15(20)25-32-26-16/h1-3,6-7H,4-5,8-9H2,(H2,19,29)(H2,20,25)(H,24,30). The average Bonchev–Trinajstić information content (AvgIpc) is 3.57. The van der Waals surface area contributed by atoms with E-state index in [4.69, 9.17) is 16.2 Å². The first kappa shape index (κ1) is 23.2. The lowest BCUT2D eigenvalue weighted by atomic mass is 10.2. The van der Waals surface area contributed by atoms with E-state index in [9.17, 15) is 9.59 Å². The van der Waals surface area contributed by atoms with E-state index in [1.165, 1.54) is 22.7 Å². The van der Waals surface area contributed by atoms with Gasteiger partial charge in [0.25, 0.3) is 11.8 Å². The van der Waals surface area contributed by atoms with Gasteiger partial charge in [-0.3, -0.25) is 14.6 Å². The molecule has 0 radical (unpaired) electrons.